The highest BCUT2D eigenvalue weighted by atomic mass is 16.2. The van der Waals surface area contributed by atoms with Crippen molar-refractivity contribution < 1.29 is 4.79 Å². The highest BCUT2D eigenvalue weighted by Crippen LogP contribution is 2.09. The monoisotopic (exact) mass is 273 g/mol. The first-order chi connectivity index (χ1) is 9.65. The number of rotatable bonds is 5. The van der Waals surface area contributed by atoms with Crippen molar-refractivity contribution >= 4 is 6.03 Å². The summed E-state index contributed by atoms with van der Waals surface area (Å²) in [7, 11) is 0. The van der Waals surface area contributed by atoms with Gasteiger partial charge in [-0.05, 0) is 31.5 Å². The van der Waals surface area contributed by atoms with E-state index in [4.69, 9.17) is 0 Å². The van der Waals surface area contributed by atoms with Crippen LogP contribution in [0.15, 0.2) is 43.0 Å². The third kappa shape index (κ3) is 4.08. The van der Waals surface area contributed by atoms with Crippen LogP contribution in [0.5, 0.6) is 0 Å². The van der Waals surface area contributed by atoms with Crippen molar-refractivity contribution in [2.24, 2.45) is 0 Å². The third-order valence-electron chi connectivity index (χ3n) is 2.93. The first kappa shape index (κ1) is 14.0. The number of carbonyl (C=O) groups is 1. The number of nitrogens with zero attached hydrogens (tertiary/aromatic N) is 3. The SMILES string of the molecule is CC(Cn1cccn1)NC(=O)NC(C)c1cccnc1. The molecule has 20 heavy (non-hydrogen) atoms. The quantitative estimate of drug-likeness (QED) is 0.871. The number of amides is 2. The molecule has 0 radical (unpaired) electrons. The van der Waals surface area contributed by atoms with E-state index in [2.05, 4.69) is 20.7 Å². The molecular formula is C14H19N5O. The van der Waals surface area contributed by atoms with E-state index in [9.17, 15) is 4.79 Å². The normalized spacial score (nSPS) is 13.5. The molecule has 0 aromatic carbocycles. The largest absolute Gasteiger partial charge is 0.334 e. The number of carbonyl (C=O) groups excluding carboxylic acids is 1. The van der Waals surface area contributed by atoms with Crippen LogP contribution in [0, 0.1) is 0 Å². The summed E-state index contributed by atoms with van der Waals surface area (Å²) in [5, 5.41) is 9.88. The Kier molecular flexibility index (Phi) is 4.70. The van der Waals surface area contributed by atoms with Crippen LogP contribution in [0.3, 0.4) is 0 Å². The smallest absolute Gasteiger partial charge is 0.315 e. The van der Waals surface area contributed by atoms with Gasteiger partial charge in [-0.2, -0.15) is 5.10 Å². The Hall–Kier alpha value is -2.37. The van der Waals surface area contributed by atoms with Crippen molar-refractivity contribution in [3.8, 4) is 0 Å². The van der Waals surface area contributed by atoms with E-state index < -0.39 is 0 Å². The first-order valence-electron chi connectivity index (χ1n) is 6.59. The van der Waals surface area contributed by atoms with Crippen molar-refractivity contribution in [3.05, 3.63) is 48.5 Å². The molecule has 2 unspecified atom stereocenters. The van der Waals surface area contributed by atoms with Gasteiger partial charge >= 0.3 is 6.03 Å². The average molecular weight is 273 g/mol. The molecule has 2 N–H and O–H groups in total. The van der Waals surface area contributed by atoms with Gasteiger partial charge < -0.3 is 10.6 Å². The van der Waals surface area contributed by atoms with Gasteiger partial charge in [-0.15, -0.1) is 0 Å². The van der Waals surface area contributed by atoms with Crippen LogP contribution in [-0.4, -0.2) is 26.8 Å². The number of urea groups is 1. The molecule has 0 aliphatic rings. The minimum atomic E-state index is -0.194. The summed E-state index contributed by atoms with van der Waals surface area (Å²) in [6, 6.07) is 5.37. The second kappa shape index (κ2) is 6.70. The van der Waals surface area contributed by atoms with E-state index >= 15 is 0 Å². The fourth-order valence-corrected chi connectivity index (χ4v) is 1.91. The van der Waals surface area contributed by atoms with Gasteiger partial charge in [0.15, 0.2) is 0 Å². The number of hydrogen-bond donors (Lipinski definition) is 2. The molecule has 2 aromatic rings. The van der Waals surface area contributed by atoms with Gasteiger partial charge in [0.25, 0.3) is 0 Å². The highest BCUT2D eigenvalue weighted by molar-refractivity contribution is 5.74. The minimum Gasteiger partial charge on any atom is -0.334 e. The molecule has 0 bridgehead atoms. The van der Waals surface area contributed by atoms with Crippen LogP contribution in [0.4, 0.5) is 4.79 Å². The van der Waals surface area contributed by atoms with E-state index in [-0.39, 0.29) is 18.1 Å². The number of hydrogen-bond acceptors (Lipinski definition) is 3. The summed E-state index contributed by atoms with van der Waals surface area (Å²) >= 11 is 0. The molecule has 106 valence electrons. The van der Waals surface area contributed by atoms with Gasteiger partial charge in [0.1, 0.15) is 0 Å². The summed E-state index contributed by atoms with van der Waals surface area (Å²) in [6.45, 7) is 4.51. The maximum Gasteiger partial charge on any atom is 0.315 e. The zero-order chi connectivity index (χ0) is 14.4. The van der Waals surface area contributed by atoms with Crippen LogP contribution in [-0.2, 0) is 6.54 Å². The minimum absolute atomic E-state index is 0.00371. The number of aromatic nitrogens is 3. The highest BCUT2D eigenvalue weighted by Gasteiger charge is 2.12. The standard InChI is InChI=1S/C14H19N5O/c1-11(10-19-8-4-7-16-19)17-14(20)18-12(2)13-5-3-6-15-9-13/h3-9,11-12H,10H2,1-2H3,(H2,17,18,20). The second-order valence-electron chi connectivity index (χ2n) is 4.75. The molecule has 0 saturated heterocycles. The third-order valence-corrected chi connectivity index (χ3v) is 2.93. The molecule has 0 aliphatic carbocycles. The Labute approximate surface area is 118 Å². The number of nitrogens with one attached hydrogen (secondary N) is 2. The van der Waals surface area contributed by atoms with E-state index in [1.165, 1.54) is 0 Å². The molecule has 2 atom stereocenters. The lowest BCUT2D eigenvalue weighted by atomic mass is 10.1. The summed E-state index contributed by atoms with van der Waals surface area (Å²) in [5.74, 6) is 0. The zero-order valence-electron chi connectivity index (χ0n) is 11.7. The number of pyridine rings is 1. The fourth-order valence-electron chi connectivity index (χ4n) is 1.91. The summed E-state index contributed by atoms with van der Waals surface area (Å²) in [6.07, 6.45) is 7.05. The molecule has 2 rings (SSSR count). The van der Waals surface area contributed by atoms with Crippen molar-refractivity contribution in [1.82, 2.24) is 25.4 Å². The Morgan fingerprint density at radius 3 is 2.80 bits per heavy atom. The summed E-state index contributed by atoms with van der Waals surface area (Å²) in [4.78, 5) is 15.9. The van der Waals surface area contributed by atoms with Gasteiger partial charge in [0.2, 0.25) is 0 Å². The molecule has 0 fully saturated rings. The first-order valence-corrected chi connectivity index (χ1v) is 6.59. The predicted octanol–water partition coefficient (Wildman–Crippen LogP) is 1.73. The molecule has 2 aromatic heterocycles. The van der Waals surface area contributed by atoms with E-state index in [0.717, 1.165) is 5.56 Å². The Morgan fingerprint density at radius 2 is 2.15 bits per heavy atom. The van der Waals surface area contributed by atoms with Crippen LogP contribution in [0.2, 0.25) is 0 Å². The Bertz CT molecular complexity index is 526. The van der Waals surface area contributed by atoms with Gasteiger partial charge in [0.05, 0.1) is 12.6 Å². The molecule has 0 aliphatic heterocycles. The topological polar surface area (TPSA) is 71.8 Å². The van der Waals surface area contributed by atoms with E-state index in [0.29, 0.717) is 6.54 Å². The molecule has 0 spiro atoms. The Balaban J connectivity index is 1.80. The lowest BCUT2D eigenvalue weighted by Crippen LogP contribution is -2.43. The molecule has 6 heteroatoms. The summed E-state index contributed by atoms with van der Waals surface area (Å²) < 4.78 is 1.79. The molecule has 2 heterocycles. The maximum atomic E-state index is 11.9. The average Bonchev–Trinajstić information content (AvgIpc) is 2.92. The van der Waals surface area contributed by atoms with Crippen molar-refractivity contribution in [2.45, 2.75) is 32.5 Å². The van der Waals surface area contributed by atoms with Gasteiger partial charge in [-0.25, -0.2) is 4.79 Å². The molecular weight excluding hydrogens is 254 g/mol. The van der Waals surface area contributed by atoms with Gasteiger partial charge in [-0.1, -0.05) is 6.07 Å². The Morgan fingerprint density at radius 1 is 1.30 bits per heavy atom. The van der Waals surface area contributed by atoms with E-state index in [1.54, 1.807) is 23.3 Å². The fraction of sp³-hybridized carbons (Fsp3) is 0.357. The lowest BCUT2D eigenvalue weighted by molar-refractivity contribution is 0.233. The van der Waals surface area contributed by atoms with Crippen molar-refractivity contribution in [3.63, 3.8) is 0 Å². The molecule has 6 nitrogen and oxygen atoms in total. The molecule has 2 amide bonds. The van der Waals surface area contributed by atoms with Crippen molar-refractivity contribution in [1.29, 1.82) is 0 Å². The second-order valence-corrected chi connectivity index (χ2v) is 4.75. The lowest BCUT2D eigenvalue weighted by Gasteiger charge is -2.18. The van der Waals surface area contributed by atoms with Gasteiger partial charge in [0, 0.05) is 30.8 Å². The van der Waals surface area contributed by atoms with Crippen molar-refractivity contribution in [2.75, 3.05) is 0 Å². The van der Waals surface area contributed by atoms with Crippen LogP contribution < -0.4 is 10.6 Å². The summed E-state index contributed by atoms with van der Waals surface area (Å²) in [5.41, 5.74) is 0.974. The maximum absolute atomic E-state index is 11.9. The predicted molar refractivity (Wildman–Crippen MR) is 76.0 cm³/mol. The zero-order valence-corrected chi connectivity index (χ0v) is 11.7. The van der Waals surface area contributed by atoms with Gasteiger partial charge in [-0.3, -0.25) is 9.67 Å². The van der Waals surface area contributed by atoms with Crippen LogP contribution in [0.25, 0.3) is 0 Å². The van der Waals surface area contributed by atoms with Crippen LogP contribution in [0.1, 0.15) is 25.5 Å². The molecule has 0 saturated carbocycles. The van der Waals surface area contributed by atoms with E-state index in [1.807, 2.05) is 38.2 Å². The van der Waals surface area contributed by atoms with Crippen LogP contribution >= 0.6 is 0 Å².